The summed E-state index contributed by atoms with van der Waals surface area (Å²) in [5.74, 6) is 0.994. The van der Waals surface area contributed by atoms with Gasteiger partial charge in [-0.15, -0.1) is 11.8 Å². The van der Waals surface area contributed by atoms with E-state index in [1.54, 1.807) is 11.8 Å². The second kappa shape index (κ2) is 3.72. The van der Waals surface area contributed by atoms with Crippen molar-refractivity contribution in [3.63, 3.8) is 0 Å². The van der Waals surface area contributed by atoms with E-state index >= 15 is 0 Å². The van der Waals surface area contributed by atoms with Crippen molar-refractivity contribution in [2.75, 3.05) is 5.75 Å². The fourth-order valence-corrected chi connectivity index (χ4v) is 2.72. The van der Waals surface area contributed by atoms with E-state index in [1.807, 2.05) is 12.1 Å². The lowest BCUT2D eigenvalue weighted by Gasteiger charge is -2.15. The molecule has 2 rings (SSSR count). The van der Waals surface area contributed by atoms with Gasteiger partial charge in [-0.2, -0.15) is 0 Å². The summed E-state index contributed by atoms with van der Waals surface area (Å²) in [6.45, 7) is 0. The maximum Gasteiger partial charge on any atom is 0.0887 e. The molecule has 1 heterocycles. The van der Waals surface area contributed by atoms with Crippen molar-refractivity contribution in [3.8, 4) is 0 Å². The Balaban J connectivity index is 2.54. The lowest BCUT2D eigenvalue weighted by atomic mass is 10.1. The summed E-state index contributed by atoms with van der Waals surface area (Å²) in [6, 6.07) is 6.05. The second-order valence-corrected chi connectivity index (χ2v) is 4.84. The maximum atomic E-state index is 8.79. The molecule has 0 radical (unpaired) electrons. The van der Waals surface area contributed by atoms with Crippen molar-refractivity contribution in [2.24, 2.45) is 5.16 Å². The van der Waals surface area contributed by atoms with Gasteiger partial charge in [0.05, 0.1) is 5.71 Å². The highest BCUT2D eigenvalue weighted by Crippen LogP contribution is 2.31. The van der Waals surface area contributed by atoms with Crippen LogP contribution in [-0.4, -0.2) is 16.7 Å². The van der Waals surface area contributed by atoms with Crippen LogP contribution in [0.4, 0.5) is 0 Å². The quantitative estimate of drug-likeness (QED) is 0.572. The highest BCUT2D eigenvalue weighted by Gasteiger charge is 2.16. The first kappa shape index (κ1) is 9.09. The summed E-state index contributed by atoms with van der Waals surface area (Å²) in [7, 11) is 0. The van der Waals surface area contributed by atoms with Crippen LogP contribution in [0.15, 0.2) is 32.7 Å². The minimum atomic E-state index is 0.787. The molecule has 0 fully saturated rings. The summed E-state index contributed by atoms with van der Waals surface area (Å²) in [5.41, 5.74) is 1.84. The number of thioether (sulfide) groups is 1. The molecule has 1 aromatic carbocycles. The van der Waals surface area contributed by atoms with Gasteiger partial charge in [-0.1, -0.05) is 21.1 Å². The lowest BCUT2D eigenvalue weighted by Crippen LogP contribution is -2.09. The number of hydrogen-bond acceptors (Lipinski definition) is 3. The van der Waals surface area contributed by atoms with Crippen LogP contribution in [-0.2, 0) is 0 Å². The molecule has 1 aliphatic heterocycles. The van der Waals surface area contributed by atoms with Crippen LogP contribution in [0.25, 0.3) is 0 Å². The number of nitrogens with zero attached hydrogens (tertiary/aromatic N) is 1. The molecular formula is C9H8BrNOS. The van der Waals surface area contributed by atoms with Gasteiger partial charge in [0.15, 0.2) is 0 Å². The normalized spacial score (nSPS) is 18.7. The van der Waals surface area contributed by atoms with Crippen molar-refractivity contribution in [1.29, 1.82) is 0 Å². The molecule has 0 amide bonds. The third-order valence-corrected chi connectivity index (χ3v) is 3.54. The SMILES string of the molecule is O/N=C1\CCSc2ccc(Br)cc21. The number of benzene rings is 1. The van der Waals surface area contributed by atoms with Crippen LogP contribution in [0.5, 0.6) is 0 Å². The fraction of sp³-hybridized carbons (Fsp3) is 0.222. The lowest BCUT2D eigenvalue weighted by molar-refractivity contribution is 0.318. The van der Waals surface area contributed by atoms with Crippen molar-refractivity contribution in [3.05, 3.63) is 28.2 Å². The largest absolute Gasteiger partial charge is 0.411 e. The van der Waals surface area contributed by atoms with Gasteiger partial charge < -0.3 is 5.21 Å². The molecule has 0 saturated carbocycles. The van der Waals surface area contributed by atoms with Crippen molar-refractivity contribution in [2.45, 2.75) is 11.3 Å². The Hall–Kier alpha value is -0.480. The number of rotatable bonds is 0. The van der Waals surface area contributed by atoms with Crippen LogP contribution < -0.4 is 0 Å². The smallest absolute Gasteiger partial charge is 0.0887 e. The van der Waals surface area contributed by atoms with Gasteiger partial charge in [0.2, 0.25) is 0 Å². The van der Waals surface area contributed by atoms with Gasteiger partial charge in [0.25, 0.3) is 0 Å². The van der Waals surface area contributed by atoms with Crippen LogP contribution in [0.1, 0.15) is 12.0 Å². The van der Waals surface area contributed by atoms with Gasteiger partial charge >= 0.3 is 0 Å². The van der Waals surface area contributed by atoms with Crippen molar-refractivity contribution < 1.29 is 5.21 Å². The van der Waals surface area contributed by atoms with Crippen LogP contribution in [0, 0.1) is 0 Å². The van der Waals surface area contributed by atoms with E-state index in [9.17, 15) is 0 Å². The second-order valence-electron chi connectivity index (χ2n) is 2.79. The molecule has 1 aromatic rings. The molecule has 0 unspecified atom stereocenters. The van der Waals surface area contributed by atoms with Crippen molar-refractivity contribution >= 4 is 33.4 Å². The Kier molecular flexibility index (Phi) is 2.60. The molecule has 1 N–H and O–H groups in total. The third-order valence-electron chi connectivity index (χ3n) is 1.97. The zero-order chi connectivity index (χ0) is 9.26. The Morgan fingerprint density at radius 1 is 1.46 bits per heavy atom. The van der Waals surface area contributed by atoms with E-state index in [0.717, 1.165) is 27.9 Å². The maximum absolute atomic E-state index is 8.79. The van der Waals surface area contributed by atoms with Gasteiger partial charge in [0.1, 0.15) is 0 Å². The van der Waals surface area contributed by atoms with E-state index in [2.05, 4.69) is 27.2 Å². The highest BCUT2D eigenvalue weighted by atomic mass is 79.9. The fourth-order valence-electron chi connectivity index (χ4n) is 1.35. The van der Waals surface area contributed by atoms with Gasteiger partial charge in [0, 0.05) is 27.1 Å². The minimum Gasteiger partial charge on any atom is -0.411 e. The molecule has 4 heteroatoms. The third kappa shape index (κ3) is 1.74. The topological polar surface area (TPSA) is 32.6 Å². The predicted octanol–water partition coefficient (Wildman–Crippen LogP) is 3.12. The zero-order valence-electron chi connectivity index (χ0n) is 6.83. The Morgan fingerprint density at radius 3 is 3.08 bits per heavy atom. The Labute approximate surface area is 89.2 Å². The molecule has 13 heavy (non-hydrogen) atoms. The monoisotopic (exact) mass is 257 g/mol. The number of hydrogen-bond donors (Lipinski definition) is 1. The molecule has 1 aliphatic rings. The van der Waals surface area contributed by atoms with E-state index in [0.29, 0.717) is 0 Å². The molecule has 0 aliphatic carbocycles. The average Bonchev–Trinajstić information content (AvgIpc) is 2.17. The summed E-state index contributed by atoms with van der Waals surface area (Å²) in [5, 5.41) is 12.1. The molecule has 0 bridgehead atoms. The predicted molar refractivity (Wildman–Crippen MR) is 57.8 cm³/mol. The van der Waals surface area contributed by atoms with Crippen LogP contribution >= 0.6 is 27.7 Å². The average molecular weight is 258 g/mol. The highest BCUT2D eigenvalue weighted by molar-refractivity contribution is 9.10. The van der Waals surface area contributed by atoms with E-state index < -0.39 is 0 Å². The Morgan fingerprint density at radius 2 is 2.31 bits per heavy atom. The molecule has 68 valence electrons. The summed E-state index contributed by atoms with van der Waals surface area (Å²) in [6.07, 6.45) is 0.838. The first-order valence-corrected chi connectivity index (χ1v) is 5.73. The number of oxime groups is 1. The molecular weight excluding hydrogens is 250 g/mol. The molecule has 2 nitrogen and oxygen atoms in total. The molecule has 0 atom stereocenters. The van der Waals surface area contributed by atoms with Gasteiger partial charge in [-0.05, 0) is 18.2 Å². The van der Waals surface area contributed by atoms with Crippen molar-refractivity contribution in [1.82, 2.24) is 0 Å². The van der Waals surface area contributed by atoms with Crippen LogP contribution in [0.3, 0.4) is 0 Å². The number of halogens is 1. The summed E-state index contributed by atoms with van der Waals surface area (Å²) in [4.78, 5) is 1.20. The first-order valence-electron chi connectivity index (χ1n) is 3.95. The zero-order valence-corrected chi connectivity index (χ0v) is 9.23. The Bertz CT molecular complexity index is 365. The van der Waals surface area contributed by atoms with E-state index in [1.165, 1.54) is 4.90 Å². The number of fused-ring (bicyclic) bond motifs is 1. The summed E-state index contributed by atoms with van der Waals surface area (Å²) < 4.78 is 1.02. The standard InChI is InChI=1S/C9H8BrNOS/c10-6-1-2-9-7(5-6)8(11-12)3-4-13-9/h1-2,5,12H,3-4H2/b11-8+. The van der Waals surface area contributed by atoms with Gasteiger partial charge in [-0.3, -0.25) is 0 Å². The summed E-state index contributed by atoms with van der Waals surface area (Å²) >= 11 is 5.20. The molecule has 0 aromatic heterocycles. The van der Waals surface area contributed by atoms with Crippen LogP contribution in [0.2, 0.25) is 0 Å². The van der Waals surface area contributed by atoms with E-state index in [4.69, 9.17) is 5.21 Å². The first-order chi connectivity index (χ1) is 6.31. The molecule has 0 saturated heterocycles. The van der Waals surface area contributed by atoms with Gasteiger partial charge in [-0.25, -0.2) is 0 Å². The minimum absolute atomic E-state index is 0.787. The van der Waals surface area contributed by atoms with E-state index in [-0.39, 0.29) is 0 Å². The molecule has 0 spiro atoms.